The Balaban J connectivity index is 1.60. The van der Waals surface area contributed by atoms with Gasteiger partial charge in [-0.25, -0.2) is 8.42 Å². The number of hydrogen-bond donors (Lipinski definition) is 1. The van der Waals surface area contributed by atoms with Crippen LogP contribution in [0.15, 0.2) is 46.0 Å². The van der Waals surface area contributed by atoms with Gasteiger partial charge >= 0.3 is 0 Å². The van der Waals surface area contributed by atoms with Gasteiger partial charge in [-0.15, -0.1) is 11.3 Å². The van der Waals surface area contributed by atoms with E-state index in [1.165, 1.54) is 6.07 Å². The minimum Gasteiger partial charge on any atom is -0.339 e. The number of piperazine rings is 1. The van der Waals surface area contributed by atoms with E-state index in [0.717, 1.165) is 17.8 Å². The van der Waals surface area contributed by atoms with E-state index in [2.05, 4.69) is 18.6 Å². The quantitative estimate of drug-likeness (QED) is 0.703. The number of thiophene rings is 1. The smallest absolute Gasteiger partial charge is 0.271 e. The van der Waals surface area contributed by atoms with E-state index in [-0.39, 0.29) is 16.0 Å². The third-order valence-electron chi connectivity index (χ3n) is 4.98. The first-order chi connectivity index (χ1) is 14.3. The minimum atomic E-state index is -3.67. The highest BCUT2D eigenvalue weighted by Gasteiger charge is 2.25. The molecule has 9 heteroatoms. The molecule has 0 radical (unpaired) electrons. The molecule has 1 fully saturated rings. The summed E-state index contributed by atoms with van der Waals surface area (Å²) in [7, 11) is -3.67. The molecule has 2 aromatic rings. The first kappa shape index (κ1) is 22.3. The van der Waals surface area contributed by atoms with Gasteiger partial charge in [-0.2, -0.15) is 0 Å². The molecule has 0 atom stereocenters. The number of nitrogens with one attached hydrogen (secondary N) is 1. The molecule has 0 unspecified atom stereocenters. The molecule has 0 saturated carbocycles. The molecule has 2 heterocycles. The zero-order valence-corrected chi connectivity index (χ0v) is 18.8. The van der Waals surface area contributed by atoms with Crippen molar-refractivity contribution in [2.75, 3.05) is 30.9 Å². The first-order valence-corrected chi connectivity index (χ1v) is 12.4. The summed E-state index contributed by atoms with van der Waals surface area (Å²) < 4.78 is 27.6. The van der Waals surface area contributed by atoms with E-state index in [1.54, 1.807) is 40.6 Å². The van der Waals surface area contributed by atoms with E-state index in [4.69, 9.17) is 0 Å². The van der Waals surface area contributed by atoms with Crippen LogP contribution in [-0.4, -0.2) is 56.2 Å². The molecule has 1 N–H and O–H groups in total. The third kappa shape index (κ3) is 5.60. The molecule has 1 aliphatic heterocycles. The van der Waals surface area contributed by atoms with Gasteiger partial charge in [0.25, 0.3) is 15.9 Å². The van der Waals surface area contributed by atoms with Crippen LogP contribution in [0.25, 0.3) is 0 Å². The molecule has 0 spiro atoms. The van der Waals surface area contributed by atoms with Crippen molar-refractivity contribution in [1.29, 1.82) is 0 Å². The number of carbonyl (C=O) groups is 2. The lowest BCUT2D eigenvalue weighted by Gasteiger charge is -2.35. The number of anilines is 1. The van der Waals surface area contributed by atoms with Gasteiger partial charge in [-0.3, -0.25) is 14.3 Å². The summed E-state index contributed by atoms with van der Waals surface area (Å²) in [5.74, 6) is 0.462. The normalized spacial score (nSPS) is 14.8. The van der Waals surface area contributed by atoms with Gasteiger partial charge in [0.15, 0.2) is 0 Å². The Morgan fingerprint density at radius 2 is 1.77 bits per heavy atom. The van der Waals surface area contributed by atoms with Gasteiger partial charge in [0.1, 0.15) is 4.21 Å². The van der Waals surface area contributed by atoms with E-state index in [0.29, 0.717) is 49.8 Å². The first-order valence-electron chi connectivity index (χ1n) is 9.99. The maximum Gasteiger partial charge on any atom is 0.271 e. The second-order valence-corrected chi connectivity index (χ2v) is 10.6. The van der Waals surface area contributed by atoms with Gasteiger partial charge in [0, 0.05) is 43.9 Å². The molecular weight excluding hydrogens is 422 g/mol. The van der Waals surface area contributed by atoms with Crippen molar-refractivity contribution >= 4 is 38.9 Å². The summed E-state index contributed by atoms with van der Waals surface area (Å²) in [5, 5.41) is 1.70. The van der Waals surface area contributed by atoms with Gasteiger partial charge in [-0.05, 0) is 42.0 Å². The molecule has 30 heavy (non-hydrogen) atoms. The fourth-order valence-electron chi connectivity index (χ4n) is 3.25. The van der Waals surface area contributed by atoms with Crippen LogP contribution < -0.4 is 4.72 Å². The van der Waals surface area contributed by atoms with Crippen LogP contribution >= 0.6 is 11.3 Å². The molecule has 0 aliphatic carbocycles. The molecule has 0 bridgehead atoms. The van der Waals surface area contributed by atoms with Crippen LogP contribution in [0, 0.1) is 5.92 Å². The number of sulfonamides is 1. The minimum absolute atomic E-state index is 0.140. The van der Waals surface area contributed by atoms with Crippen molar-refractivity contribution in [1.82, 2.24) is 9.80 Å². The van der Waals surface area contributed by atoms with E-state index >= 15 is 0 Å². The Bertz CT molecular complexity index is 979. The maximum absolute atomic E-state index is 12.9. The van der Waals surface area contributed by atoms with Crippen LogP contribution in [0.1, 0.15) is 37.0 Å². The summed E-state index contributed by atoms with van der Waals surface area (Å²) >= 11 is 1.13. The number of hydrogen-bond acceptors (Lipinski definition) is 5. The summed E-state index contributed by atoms with van der Waals surface area (Å²) in [6.45, 7) is 6.17. The summed E-state index contributed by atoms with van der Waals surface area (Å²) in [6, 6.07) is 9.70. The Hall–Kier alpha value is -2.39. The van der Waals surface area contributed by atoms with Gasteiger partial charge in [0.2, 0.25) is 5.91 Å². The molecule has 7 nitrogen and oxygen atoms in total. The molecule has 162 valence electrons. The predicted octanol–water partition coefficient (Wildman–Crippen LogP) is 3.27. The van der Waals surface area contributed by atoms with Crippen molar-refractivity contribution in [3.63, 3.8) is 0 Å². The lowest BCUT2D eigenvalue weighted by Crippen LogP contribution is -2.50. The molecule has 3 rings (SSSR count). The number of nitrogens with zero attached hydrogens (tertiary/aromatic N) is 2. The fraction of sp³-hybridized carbons (Fsp3) is 0.429. The number of amides is 2. The fourth-order valence-corrected chi connectivity index (χ4v) is 5.29. The number of benzene rings is 1. The van der Waals surface area contributed by atoms with Crippen molar-refractivity contribution in [2.45, 2.75) is 30.9 Å². The third-order valence-corrected chi connectivity index (χ3v) is 7.76. The maximum atomic E-state index is 12.9. The molecule has 2 amide bonds. The molecular formula is C21H27N3O4S2. The Kier molecular flexibility index (Phi) is 7.14. The largest absolute Gasteiger partial charge is 0.339 e. The lowest BCUT2D eigenvalue weighted by molar-refractivity contribution is -0.132. The van der Waals surface area contributed by atoms with Crippen LogP contribution in [0.5, 0.6) is 0 Å². The van der Waals surface area contributed by atoms with E-state index < -0.39 is 10.0 Å². The van der Waals surface area contributed by atoms with Crippen molar-refractivity contribution < 1.29 is 18.0 Å². The van der Waals surface area contributed by atoms with Crippen molar-refractivity contribution in [3.05, 3.63) is 47.3 Å². The van der Waals surface area contributed by atoms with Crippen LogP contribution in [0.4, 0.5) is 5.69 Å². The zero-order valence-electron chi connectivity index (χ0n) is 17.2. The highest BCUT2D eigenvalue weighted by Crippen LogP contribution is 2.21. The Morgan fingerprint density at radius 3 is 2.40 bits per heavy atom. The summed E-state index contributed by atoms with van der Waals surface area (Å²) in [6.07, 6.45) is 1.41. The molecule has 1 aromatic carbocycles. The SMILES string of the molecule is CC(C)CCC(=O)N1CCN(C(=O)c2cccc(NS(=O)(=O)c3cccs3)c2)CC1. The van der Waals surface area contributed by atoms with Gasteiger partial charge in [0.05, 0.1) is 0 Å². The summed E-state index contributed by atoms with van der Waals surface area (Å²) in [4.78, 5) is 28.7. The van der Waals surface area contributed by atoms with E-state index in [9.17, 15) is 18.0 Å². The van der Waals surface area contributed by atoms with E-state index in [1.807, 2.05) is 4.90 Å². The second-order valence-electron chi connectivity index (χ2n) is 7.72. The molecule has 1 aliphatic rings. The molecule has 1 saturated heterocycles. The second kappa shape index (κ2) is 9.61. The molecule has 1 aromatic heterocycles. The van der Waals surface area contributed by atoms with Gasteiger partial charge in [-0.1, -0.05) is 26.0 Å². The average molecular weight is 450 g/mol. The van der Waals surface area contributed by atoms with Crippen LogP contribution in [0.3, 0.4) is 0 Å². The highest BCUT2D eigenvalue weighted by atomic mass is 32.2. The Morgan fingerprint density at radius 1 is 1.07 bits per heavy atom. The topological polar surface area (TPSA) is 86.8 Å². The van der Waals surface area contributed by atoms with Crippen LogP contribution in [-0.2, 0) is 14.8 Å². The predicted molar refractivity (Wildman–Crippen MR) is 118 cm³/mol. The number of rotatable bonds is 7. The lowest BCUT2D eigenvalue weighted by atomic mass is 10.1. The summed E-state index contributed by atoms with van der Waals surface area (Å²) in [5.41, 5.74) is 0.762. The van der Waals surface area contributed by atoms with Crippen LogP contribution in [0.2, 0.25) is 0 Å². The zero-order chi connectivity index (χ0) is 21.7. The van der Waals surface area contributed by atoms with Crippen molar-refractivity contribution in [2.24, 2.45) is 5.92 Å². The highest BCUT2D eigenvalue weighted by molar-refractivity contribution is 7.94. The monoisotopic (exact) mass is 449 g/mol. The van der Waals surface area contributed by atoms with Gasteiger partial charge < -0.3 is 9.80 Å². The number of carbonyl (C=O) groups excluding carboxylic acids is 2. The standard InChI is InChI=1S/C21H27N3O4S2/c1-16(2)8-9-19(25)23-10-12-24(13-11-23)21(26)17-5-3-6-18(15-17)22-30(27,28)20-7-4-14-29-20/h3-7,14-16,22H,8-13H2,1-2H3. The Labute approximate surface area is 181 Å². The van der Waals surface area contributed by atoms with Crippen molar-refractivity contribution in [3.8, 4) is 0 Å². The average Bonchev–Trinajstić information content (AvgIpc) is 3.27.